The summed E-state index contributed by atoms with van der Waals surface area (Å²) in [5.74, 6) is 0. The fourth-order valence-corrected chi connectivity index (χ4v) is 2.19. The molecule has 1 saturated carbocycles. The molecular weight excluding hydrogens is 192 g/mol. The van der Waals surface area contributed by atoms with Gasteiger partial charge in [0, 0.05) is 26.7 Å². The van der Waals surface area contributed by atoms with Crippen LogP contribution in [0.25, 0.3) is 0 Å². The van der Waals surface area contributed by atoms with Crippen molar-refractivity contribution >= 4 is 6.03 Å². The quantitative estimate of drug-likeness (QED) is 0.769. The van der Waals surface area contributed by atoms with Crippen LogP contribution in [-0.2, 0) is 0 Å². The fourth-order valence-electron chi connectivity index (χ4n) is 2.19. The molecule has 4 nitrogen and oxygen atoms in total. The van der Waals surface area contributed by atoms with Gasteiger partial charge in [0.1, 0.15) is 0 Å². The van der Waals surface area contributed by atoms with Gasteiger partial charge in [-0.25, -0.2) is 4.79 Å². The molecule has 0 atom stereocenters. The van der Waals surface area contributed by atoms with Gasteiger partial charge in [-0.15, -0.1) is 0 Å². The number of carbonyl (C=O) groups is 1. The highest BCUT2D eigenvalue weighted by atomic mass is 16.3. The predicted molar refractivity (Wildman–Crippen MR) is 59.7 cm³/mol. The van der Waals surface area contributed by atoms with Crippen molar-refractivity contribution in [2.45, 2.75) is 38.1 Å². The van der Waals surface area contributed by atoms with Crippen molar-refractivity contribution in [2.24, 2.45) is 0 Å². The molecule has 1 aliphatic rings. The van der Waals surface area contributed by atoms with Gasteiger partial charge in [0.25, 0.3) is 0 Å². The van der Waals surface area contributed by atoms with Gasteiger partial charge in [-0.05, 0) is 12.8 Å². The van der Waals surface area contributed by atoms with Crippen LogP contribution in [0.4, 0.5) is 4.79 Å². The highest BCUT2D eigenvalue weighted by molar-refractivity contribution is 5.74. The number of urea groups is 1. The molecule has 0 saturated heterocycles. The Kier molecular flexibility index (Phi) is 4.88. The predicted octanol–water partition coefficient (Wildman–Crippen LogP) is 1.29. The molecule has 0 aromatic carbocycles. The van der Waals surface area contributed by atoms with Crippen LogP contribution in [0, 0.1) is 0 Å². The van der Waals surface area contributed by atoms with Crippen LogP contribution in [-0.4, -0.2) is 54.2 Å². The van der Waals surface area contributed by atoms with Crippen molar-refractivity contribution in [3.05, 3.63) is 0 Å². The average molecular weight is 214 g/mol. The number of hydrogen-bond donors (Lipinski definition) is 1. The molecule has 0 spiro atoms. The van der Waals surface area contributed by atoms with E-state index in [0.717, 1.165) is 12.8 Å². The minimum atomic E-state index is 0.0240. The van der Waals surface area contributed by atoms with E-state index in [9.17, 15) is 4.79 Å². The van der Waals surface area contributed by atoms with E-state index in [1.165, 1.54) is 19.3 Å². The van der Waals surface area contributed by atoms with Crippen LogP contribution in [0.5, 0.6) is 0 Å². The molecule has 1 N–H and O–H groups in total. The van der Waals surface area contributed by atoms with Crippen molar-refractivity contribution < 1.29 is 9.90 Å². The highest BCUT2D eigenvalue weighted by Crippen LogP contribution is 2.22. The lowest BCUT2D eigenvalue weighted by Gasteiger charge is -2.35. The Morgan fingerprint density at radius 1 is 1.27 bits per heavy atom. The molecule has 1 aliphatic carbocycles. The monoisotopic (exact) mass is 214 g/mol. The van der Waals surface area contributed by atoms with Gasteiger partial charge in [0.15, 0.2) is 0 Å². The van der Waals surface area contributed by atoms with E-state index in [4.69, 9.17) is 5.11 Å². The molecule has 2 amide bonds. The lowest BCUT2D eigenvalue weighted by Crippen LogP contribution is -2.47. The summed E-state index contributed by atoms with van der Waals surface area (Å²) >= 11 is 0. The SMILES string of the molecule is CN(C)C(=O)N(CCO)C1CCCCC1. The number of rotatable bonds is 3. The molecule has 0 radical (unpaired) electrons. The summed E-state index contributed by atoms with van der Waals surface area (Å²) in [6.07, 6.45) is 5.85. The molecule has 0 bridgehead atoms. The van der Waals surface area contributed by atoms with Gasteiger partial charge in [0.05, 0.1) is 6.61 Å². The van der Waals surface area contributed by atoms with Crippen LogP contribution >= 0.6 is 0 Å². The largest absolute Gasteiger partial charge is 0.395 e. The van der Waals surface area contributed by atoms with Crippen LogP contribution in [0.1, 0.15) is 32.1 Å². The number of amides is 2. The van der Waals surface area contributed by atoms with Crippen molar-refractivity contribution in [3.63, 3.8) is 0 Å². The lowest BCUT2D eigenvalue weighted by atomic mass is 9.94. The maximum Gasteiger partial charge on any atom is 0.319 e. The average Bonchev–Trinajstić information content (AvgIpc) is 2.26. The first-order chi connectivity index (χ1) is 7.16. The van der Waals surface area contributed by atoms with Gasteiger partial charge in [0.2, 0.25) is 0 Å². The summed E-state index contributed by atoms with van der Waals surface area (Å²) in [7, 11) is 3.52. The Balaban J connectivity index is 2.58. The fraction of sp³-hybridized carbons (Fsp3) is 0.909. The van der Waals surface area contributed by atoms with Crippen molar-refractivity contribution in [1.29, 1.82) is 0 Å². The number of aliphatic hydroxyl groups excluding tert-OH is 1. The maximum atomic E-state index is 11.9. The van der Waals surface area contributed by atoms with E-state index < -0.39 is 0 Å². The smallest absolute Gasteiger partial charge is 0.319 e. The van der Waals surface area contributed by atoms with Crippen molar-refractivity contribution in [2.75, 3.05) is 27.2 Å². The Morgan fingerprint density at radius 3 is 2.33 bits per heavy atom. The molecule has 0 unspecified atom stereocenters. The molecule has 0 aliphatic heterocycles. The number of nitrogens with zero attached hydrogens (tertiary/aromatic N) is 2. The summed E-state index contributed by atoms with van der Waals surface area (Å²) in [6, 6.07) is 0.358. The van der Waals surface area contributed by atoms with Crippen molar-refractivity contribution in [1.82, 2.24) is 9.80 Å². The summed E-state index contributed by atoms with van der Waals surface area (Å²) in [5.41, 5.74) is 0. The van der Waals surface area contributed by atoms with E-state index in [2.05, 4.69) is 0 Å². The third-order valence-corrected chi connectivity index (χ3v) is 2.98. The second kappa shape index (κ2) is 5.95. The zero-order valence-electron chi connectivity index (χ0n) is 9.78. The number of hydrogen-bond acceptors (Lipinski definition) is 2. The lowest BCUT2D eigenvalue weighted by molar-refractivity contribution is 0.116. The molecule has 1 rings (SSSR count). The molecule has 0 aromatic heterocycles. The second-order valence-electron chi connectivity index (χ2n) is 4.39. The van der Waals surface area contributed by atoms with Crippen molar-refractivity contribution in [3.8, 4) is 0 Å². The second-order valence-corrected chi connectivity index (χ2v) is 4.39. The normalized spacial score (nSPS) is 17.5. The standard InChI is InChI=1S/C11H22N2O2/c1-12(2)11(15)13(8-9-14)10-6-4-3-5-7-10/h10,14H,3-9H2,1-2H3. The summed E-state index contributed by atoms with van der Waals surface area (Å²) in [5, 5.41) is 8.99. The minimum absolute atomic E-state index is 0.0240. The highest BCUT2D eigenvalue weighted by Gasteiger charge is 2.25. The van der Waals surface area contributed by atoms with E-state index in [0.29, 0.717) is 12.6 Å². The first-order valence-electron chi connectivity index (χ1n) is 5.75. The van der Waals surface area contributed by atoms with Gasteiger partial charge in [-0.2, -0.15) is 0 Å². The van der Waals surface area contributed by atoms with Crippen LogP contribution < -0.4 is 0 Å². The number of carbonyl (C=O) groups excluding carboxylic acids is 1. The minimum Gasteiger partial charge on any atom is -0.395 e. The summed E-state index contributed by atoms with van der Waals surface area (Å²) < 4.78 is 0. The zero-order chi connectivity index (χ0) is 11.3. The maximum absolute atomic E-state index is 11.9. The molecule has 0 heterocycles. The number of aliphatic hydroxyl groups is 1. The van der Waals surface area contributed by atoms with E-state index >= 15 is 0 Å². The first kappa shape index (κ1) is 12.3. The van der Waals surface area contributed by atoms with Gasteiger partial charge in [-0.3, -0.25) is 0 Å². The first-order valence-corrected chi connectivity index (χ1v) is 5.75. The molecule has 4 heteroatoms. The van der Waals surface area contributed by atoms with E-state index in [-0.39, 0.29) is 12.6 Å². The Hall–Kier alpha value is -0.770. The summed E-state index contributed by atoms with van der Waals surface area (Å²) in [4.78, 5) is 15.3. The molecular formula is C11H22N2O2. The van der Waals surface area contributed by atoms with Gasteiger partial charge >= 0.3 is 6.03 Å². The topological polar surface area (TPSA) is 43.8 Å². The Labute approximate surface area is 91.9 Å². The molecule has 15 heavy (non-hydrogen) atoms. The van der Waals surface area contributed by atoms with Gasteiger partial charge < -0.3 is 14.9 Å². The third-order valence-electron chi connectivity index (χ3n) is 2.98. The van der Waals surface area contributed by atoms with Crippen LogP contribution in [0.15, 0.2) is 0 Å². The molecule has 88 valence electrons. The van der Waals surface area contributed by atoms with E-state index in [1.807, 2.05) is 4.90 Å². The molecule has 0 aromatic rings. The molecule has 1 fully saturated rings. The third kappa shape index (κ3) is 3.38. The van der Waals surface area contributed by atoms with Crippen LogP contribution in [0.2, 0.25) is 0 Å². The Morgan fingerprint density at radius 2 is 1.87 bits per heavy atom. The van der Waals surface area contributed by atoms with Gasteiger partial charge in [-0.1, -0.05) is 19.3 Å². The Bertz CT molecular complexity index is 201. The zero-order valence-corrected chi connectivity index (χ0v) is 9.78. The van der Waals surface area contributed by atoms with Crippen LogP contribution in [0.3, 0.4) is 0 Å². The summed E-state index contributed by atoms with van der Waals surface area (Å²) in [6.45, 7) is 0.512. The van der Waals surface area contributed by atoms with E-state index in [1.54, 1.807) is 19.0 Å².